The number of fused-ring (bicyclic) bond motifs is 1. The zero-order valence-electron chi connectivity index (χ0n) is 11.7. The van der Waals surface area contributed by atoms with Crippen molar-refractivity contribution in [3.63, 3.8) is 0 Å². The molecule has 1 aliphatic heterocycles. The van der Waals surface area contributed by atoms with Gasteiger partial charge in [0.25, 0.3) is 11.8 Å². The molecule has 1 aliphatic rings. The lowest BCUT2D eigenvalue weighted by Gasteiger charge is -2.14. The third kappa shape index (κ3) is 2.08. The summed E-state index contributed by atoms with van der Waals surface area (Å²) in [4.78, 5) is 30.2. The van der Waals surface area contributed by atoms with Gasteiger partial charge in [-0.3, -0.25) is 14.5 Å². The summed E-state index contributed by atoms with van der Waals surface area (Å²) in [6.45, 7) is 3.03. The van der Waals surface area contributed by atoms with Crippen molar-refractivity contribution in [2.75, 3.05) is 5.73 Å². The van der Waals surface area contributed by atoms with Crippen molar-refractivity contribution in [2.45, 2.75) is 26.4 Å². The van der Waals surface area contributed by atoms with Gasteiger partial charge < -0.3 is 10.3 Å². The number of nitrogens with zero attached hydrogens (tertiary/aromatic N) is 3. The lowest BCUT2D eigenvalue weighted by atomic mass is 10.1. The second kappa shape index (κ2) is 5.05. The monoisotopic (exact) mass is 284 g/mol. The van der Waals surface area contributed by atoms with E-state index in [0.717, 1.165) is 13.0 Å². The van der Waals surface area contributed by atoms with Gasteiger partial charge >= 0.3 is 0 Å². The Kier molecular flexibility index (Phi) is 3.21. The average Bonchev–Trinajstić information content (AvgIpc) is 2.99. The van der Waals surface area contributed by atoms with Crippen molar-refractivity contribution in [3.05, 3.63) is 47.5 Å². The number of nitrogen functional groups attached to an aromatic ring is 1. The highest BCUT2D eigenvalue weighted by Gasteiger charge is 2.37. The number of carbonyl (C=O) groups excluding carboxylic acids is 2. The number of hydrogen-bond donors (Lipinski definition) is 1. The van der Waals surface area contributed by atoms with Crippen molar-refractivity contribution < 1.29 is 9.59 Å². The molecule has 2 aromatic rings. The smallest absolute Gasteiger partial charge is 0.264 e. The number of imidazole rings is 1. The fourth-order valence-electron chi connectivity index (χ4n) is 2.58. The summed E-state index contributed by atoms with van der Waals surface area (Å²) in [5.74, 6) is 0.0393. The maximum absolute atomic E-state index is 12.4. The summed E-state index contributed by atoms with van der Waals surface area (Å²) in [5.41, 5.74) is 6.83. The quantitative estimate of drug-likeness (QED) is 0.684. The van der Waals surface area contributed by atoms with Gasteiger partial charge in [0.05, 0.1) is 17.7 Å². The Bertz CT molecular complexity index is 720. The van der Waals surface area contributed by atoms with Crippen LogP contribution in [0.15, 0.2) is 30.6 Å². The lowest BCUT2D eigenvalue weighted by molar-refractivity contribution is 0.0637. The molecular formula is C15H16N4O2. The van der Waals surface area contributed by atoms with Gasteiger partial charge in [-0.15, -0.1) is 0 Å². The second-order valence-electron chi connectivity index (χ2n) is 5.00. The number of benzene rings is 1. The fourth-order valence-corrected chi connectivity index (χ4v) is 2.58. The van der Waals surface area contributed by atoms with Crippen LogP contribution in [0.1, 0.15) is 39.9 Å². The van der Waals surface area contributed by atoms with Crippen LogP contribution in [0.3, 0.4) is 0 Å². The van der Waals surface area contributed by atoms with Gasteiger partial charge in [0.15, 0.2) is 0 Å². The van der Waals surface area contributed by atoms with Crippen molar-refractivity contribution >= 4 is 17.5 Å². The first-order valence-electron chi connectivity index (χ1n) is 6.88. The van der Waals surface area contributed by atoms with Crippen LogP contribution in [-0.4, -0.2) is 26.3 Å². The van der Waals surface area contributed by atoms with Crippen LogP contribution in [-0.2, 0) is 13.1 Å². The zero-order valence-corrected chi connectivity index (χ0v) is 11.7. The first-order chi connectivity index (χ1) is 10.1. The minimum Gasteiger partial charge on any atom is -0.398 e. The second-order valence-corrected chi connectivity index (χ2v) is 5.00. The number of rotatable bonds is 4. The van der Waals surface area contributed by atoms with Crippen LogP contribution in [0.25, 0.3) is 0 Å². The number of amides is 2. The normalized spacial score (nSPS) is 13.9. The average molecular weight is 284 g/mol. The molecule has 108 valence electrons. The summed E-state index contributed by atoms with van der Waals surface area (Å²) in [6.07, 6.45) is 4.49. The first-order valence-corrected chi connectivity index (χ1v) is 6.88. The Labute approximate surface area is 122 Å². The maximum Gasteiger partial charge on any atom is 0.264 e. The van der Waals surface area contributed by atoms with Crippen LogP contribution in [0, 0.1) is 0 Å². The van der Waals surface area contributed by atoms with Crippen molar-refractivity contribution in [2.24, 2.45) is 0 Å². The van der Waals surface area contributed by atoms with Gasteiger partial charge in [0, 0.05) is 24.6 Å². The lowest BCUT2D eigenvalue weighted by Crippen LogP contribution is -2.30. The van der Waals surface area contributed by atoms with E-state index in [1.807, 2.05) is 10.8 Å². The molecule has 2 amide bonds. The molecule has 0 saturated carbocycles. The van der Waals surface area contributed by atoms with E-state index in [4.69, 9.17) is 5.73 Å². The summed E-state index contributed by atoms with van der Waals surface area (Å²) in [6, 6.07) is 4.94. The van der Waals surface area contributed by atoms with E-state index in [0.29, 0.717) is 22.6 Å². The predicted molar refractivity (Wildman–Crippen MR) is 77.6 cm³/mol. The van der Waals surface area contributed by atoms with Gasteiger partial charge in [0.1, 0.15) is 5.82 Å². The minimum absolute atomic E-state index is 0.165. The number of nitrogens with two attached hydrogens (primary N) is 1. The number of anilines is 1. The molecule has 21 heavy (non-hydrogen) atoms. The van der Waals surface area contributed by atoms with E-state index in [9.17, 15) is 9.59 Å². The number of aryl methyl sites for hydroxylation is 1. The molecule has 3 rings (SSSR count). The number of hydrogen-bond acceptors (Lipinski definition) is 4. The van der Waals surface area contributed by atoms with Crippen molar-refractivity contribution in [1.82, 2.24) is 14.5 Å². The molecule has 2 heterocycles. The van der Waals surface area contributed by atoms with Gasteiger partial charge in [-0.2, -0.15) is 0 Å². The molecule has 0 bridgehead atoms. The summed E-state index contributed by atoms with van der Waals surface area (Å²) >= 11 is 0. The van der Waals surface area contributed by atoms with Crippen LogP contribution in [0.4, 0.5) is 5.69 Å². The zero-order chi connectivity index (χ0) is 15.0. The topological polar surface area (TPSA) is 81.2 Å². The van der Waals surface area contributed by atoms with E-state index >= 15 is 0 Å². The van der Waals surface area contributed by atoms with Crippen molar-refractivity contribution in [1.29, 1.82) is 0 Å². The van der Waals surface area contributed by atoms with Gasteiger partial charge in [0.2, 0.25) is 0 Å². The molecule has 1 aromatic heterocycles. The largest absolute Gasteiger partial charge is 0.398 e. The minimum atomic E-state index is -0.348. The predicted octanol–water partition coefficient (Wildman–Crippen LogP) is 1.67. The Hall–Kier alpha value is -2.63. The van der Waals surface area contributed by atoms with Gasteiger partial charge in [-0.1, -0.05) is 13.0 Å². The molecule has 6 nitrogen and oxygen atoms in total. The molecular weight excluding hydrogens is 268 g/mol. The van der Waals surface area contributed by atoms with Crippen LogP contribution in [0.5, 0.6) is 0 Å². The molecule has 0 atom stereocenters. The van der Waals surface area contributed by atoms with Gasteiger partial charge in [-0.05, 0) is 18.6 Å². The Morgan fingerprint density at radius 3 is 2.76 bits per heavy atom. The van der Waals surface area contributed by atoms with Crippen LogP contribution in [0.2, 0.25) is 0 Å². The molecule has 0 aliphatic carbocycles. The molecule has 0 spiro atoms. The van der Waals surface area contributed by atoms with E-state index < -0.39 is 0 Å². The highest BCUT2D eigenvalue weighted by atomic mass is 16.2. The summed E-state index contributed by atoms with van der Waals surface area (Å²) < 4.78 is 1.95. The molecule has 0 saturated heterocycles. The van der Waals surface area contributed by atoms with Crippen LogP contribution < -0.4 is 5.73 Å². The molecule has 0 radical (unpaired) electrons. The molecule has 0 fully saturated rings. The Morgan fingerprint density at radius 2 is 2.05 bits per heavy atom. The number of aromatic nitrogens is 2. The SMILES string of the molecule is CCCn1ccnc1CN1C(=O)c2cccc(N)c2C1=O. The maximum atomic E-state index is 12.4. The number of carbonyl (C=O) groups is 2. The first kappa shape index (κ1) is 13.4. The van der Waals surface area contributed by atoms with E-state index in [1.165, 1.54) is 4.90 Å². The standard InChI is InChI=1S/C15H16N4O2/c1-2-7-18-8-6-17-12(18)9-19-14(20)10-4-3-5-11(16)13(10)15(19)21/h3-6,8H,2,7,9,16H2,1H3. The highest BCUT2D eigenvalue weighted by Crippen LogP contribution is 2.28. The molecule has 6 heteroatoms. The van der Waals surface area contributed by atoms with E-state index in [1.54, 1.807) is 24.4 Å². The third-order valence-corrected chi connectivity index (χ3v) is 3.60. The Balaban J connectivity index is 1.92. The van der Waals surface area contributed by atoms with E-state index in [2.05, 4.69) is 11.9 Å². The molecule has 2 N–H and O–H groups in total. The van der Waals surface area contributed by atoms with Crippen molar-refractivity contribution in [3.8, 4) is 0 Å². The molecule has 1 aromatic carbocycles. The molecule has 0 unspecified atom stereocenters. The third-order valence-electron chi connectivity index (χ3n) is 3.60. The highest BCUT2D eigenvalue weighted by molar-refractivity contribution is 6.23. The summed E-state index contributed by atoms with van der Waals surface area (Å²) in [7, 11) is 0. The summed E-state index contributed by atoms with van der Waals surface area (Å²) in [5, 5.41) is 0. The van der Waals surface area contributed by atoms with E-state index in [-0.39, 0.29) is 18.4 Å². The Morgan fingerprint density at radius 1 is 1.24 bits per heavy atom. The number of imide groups is 1. The fraction of sp³-hybridized carbons (Fsp3) is 0.267. The van der Waals surface area contributed by atoms with Crippen LogP contribution >= 0.6 is 0 Å². The van der Waals surface area contributed by atoms with Gasteiger partial charge in [-0.25, -0.2) is 4.98 Å².